The third-order valence-electron chi connectivity index (χ3n) is 9.81. The van der Waals surface area contributed by atoms with Crippen molar-refractivity contribution in [1.82, 2.24) is 0 Å². The summed E-state index contributed by atoms with van der Waals surface area (Å²) in [5, 5.41) is 5.00. The molecule has 0 amide bonds. The van der Waals surface area contributed by atoms with Gasteiger partial charge in [0.25, 0.3) is 0 Å². The number of nitrogens with zero attached hydrogens (tertiary/aromatic N) is 1. The molecule has 0 bridgehead atoms. The van der Waals surface area contributed by atoms with Gasteiger partial charge < -0.3 is 4.90 Å². The molecule has 0 fully saturated rings. The Kier molecular flexibility index (Phi) is 6.59. The number of benzene rings is 8. The number of fused-ring (bicyclic) bond motifs is 5. The van der Waals surface area contributed by atoms with Crippen molar-refractivity contribution in [2.24, 2.45) is 0 Å². The van der Waals surface area contributed by atoms with Crippen LogP contribution in [0.5, 0.6) is 0 Å². The topological polar surface area (TPSA) is 3.24 Å². The van der Waals surface area contributed by atoms with Gasteiger partial charge in [-0.1, -0.05) is 128 Å². The Hall–Kier alpha value is -6.18. The van der Waals surface area contributed by atoms with Crippen LogP contribution in [0.1, 0.15) is 11.1 Å². The Morgan fingerprint density at radius 2 is 0.812 bits per heavy atom. The molecule has 0 N–H and O–H groups in total. The van der Waals surface area contributed by atoms with E-state index in [0.29, 0.717) is 0 Å². The molecule has 0 aliphatic carbocycles. The molecule has 0 saturated heterocycles. The van der Waals surface area contributed by atoms with Crippen LogP contribution in [0.15, 0.2) is 176 Å². The van der Waals surface area contributed by atoms with Crippen molar-refractivity contribution < 1.29 is 0 Å². The van der Waals surface area contributed by atoms with Crippen LogP contribution in [0, 0.1) is 6.92 Å². The predicted molar refractivity (Wildman–Crippen MR) is 206 cm³/mol. The fraction of sp³-hybridized carbons (Fsp3) is 0.0213. The van der Waals surface area contributed by atoms with Gasteiger partial charge in [-0.15, -0.1) is 0 Å². The van der Waals surface area contributed by atoms with Gasteiger partial charge in [-0.05, 0) is 122 Å². The maximum atomic E-state index is 4.59. The lowest BCUT2D eigenvalue weighted by molar-refractivity contribution is 1.24. The minimum atomic E-state index is 0.997. The molecule has 0 atom stereocenters. The van der Waals surface area contributed by atoms with Gasteiger partial charge >= 0.3 is 0 Å². The van der Waals surface area contributed by atoms with Gasteiger partial charge in [0, 0.05) is 22.5 Å². The van der Waals surface area contributed by atoms with Gasteiger partial charge in [-0.25, -0.2) is 0 Å². The third-order valence-corrected chi connectivity index (χ3v) is 9.81. The predicted octanol–water partition coefficient (Wildman–Crippen LogP) is 13.1. The van der Waals surface area contributed by atoms with E-state index in [9.17, 15) is 0 Å². The zero-order chi connectivity index (χ0) is 32.2. The van der Waals surface area contributed by atoms with Crippen molar-refractivity contribution in [3.63, 3.8) is 0 Å². The van der Waals surface area contributed by atoms with E-state index in [1.54, 1.807) is 0 Å². The molecule has 48 heavy (non-hydrogen) atoms. The highest BCUT2D eigenvalue weighted by atomic mass is 15.2. The number of rotatable bonds is 4. The molecule has 0 unspecified atom stereocenters. The van der Waals surface area contributed by atoms with E-state index in [0.717, 1.165) is 17.1 Å². The fourth-order valence-corrected chi connectivity index (χ4v) is 7.36. The first kappa shape index (κ1) is 28.1. The first-order valence-corrected chi connectivity index (χ1v) is 16.5. The molecule has 0 spiro atoms. The summed E-state index contributed by atoms with van der Waals surface area (Å²) in [4.78, 5) is 2.32. The van der Waals surface area contributed by atoms with E-state index in [1.807, 2.05) is 0 Å². The number of para-hydroxylation sites is 1. The quantitative estimate of drug-likeness (QED) is 0.191. The van der Waals surface area contributed by atoms with E-state index in [2.05, 4.69) is 188 Å². The smallest absolute Gasteiger partial charge is 0.0540 e. The molecule has 8 aromatic carbocycles. The maximum absolute atomic E-state index is 4.59. The Morgan fingerprint density at radius 1 is 0.354 bits per heavy atom. The monoisotopic (exact) mass is 611 g/mol. The van der Waals surface area contributed by atoms with Gasteiger partial charge in [-0.3, -0.25) is 0 Å². The Morgan fingerprint density at radius 3 is 1.40 bits per heavy atom. The first-order chi connectivity index (χ1) is 23.6. The second-order valence-electron chi connectivity index (χ2n) is 12.8. The van der Waals surface area contributed by atoms with Crippen molar-refractivity contribution in [3.05, 3.63) is 188 Å². The summed E-state index contributed by atoms with van der Waals surface area (Å²) in [6, 6.07) is 61.8. The molecule has 1 nitrogen and oxygen atoms in total. The summed E-state index contributed by atoms with van der Waals surface area (Å²) in [5.41, 5.74) is 15.4. The average molecular weight is 612 g/mol. The van der Waals surface area contributed by atoms with Gasteiger partial charge in [0.05, 0.1) is 5.69 Å². The van der Waals surface area contributed by atoms with Crippen LogP contribution in [0.3, 0.4) is 0 Å². The van der Waals surface area contributed by atoms with Crippen LogP contribution in [0.4, 0.5) is 11.4 Å². The molecule has 0 radical (unpaired) electrons. The molecule has 9 rings (SSSR count). The highest BCUT2D eigenvalue weighted by Crippen LogP contribution is 2.48. The summed E-state index contributed by atoms with van der Waals surface area (Å²) >= 11 is 0. The van der Waals surface area contributed by atoms with E-state index < -0.39 is 0 Å². The largest absolute Gasteiger partial charge is 0.310 e. The zero-order valence-corrected chi connectivity index (χ0v) is 26.8. The second-order valence-corrected chi connectivity index (χ2v) is 12.8. The molecular weight excluding hydrogens is 579 g/mol. The lowest BCUT2D eigenvalue weighted by atomic mass is 9.89. The first-order valence-electron chi connectivity index (χ1n) is 16.5. The third kappa shape index (κ3) is 4.71. The molecule has 226 valence electrons. The minimum Gasteiger partial charge on any atom is -0.310 e. The van der Waals surface area contributed by atoms with E-state index >= 15 is 0 Å². The van der Waals surface area contributed by atoms with Crippen molar-refractivity contribution in [1.29, 1.82) is 0 Å². The molecule has 0 aromatic heterocycles. The Labute approximate surface area is 281 Å². The molecule has 1 heteroatoms. The minimum absolute atomic E-state index is 0.997. The molecule has 1 aliphatic heterocycles. The summed E-state index contributed by atoms with van der Waals surface area (Å²) in [6.07, 6.45) is 0. The SMILES string of the molecule is C=C1c2ccccc2-c2ccccc2N1c1ccc(-c2cc(-c3ccc4ccccc4c3)cc(-c3ccc4ccccc4c3)c2)cc1C. The van der Waals surface area contributed by atoms with Crippen molar-refractivity contribution >= 4 is 38.6 Å². The Balaban J connectivity index is 1.18. The van der Waals surface area contributed by atoms with Crippen LogP contribution >= 0.6 is 0 Å². The van der Waals surface area contributed by atoms with Crippen LogP contribution in [0.25, 0.3) is 71.7 Å². The lowest BCUT2D eigenvalue weighted by Gasteiger charge is -2.35. The zero-order valence-electron chi connectivity index (χ0n) is 26.8. The fourth-order valence-electron chi connectivity index (χ4n) is 7.36. The molecule has 1 heterocycles. The van der Waals surface area contributed by atoms with Crippen LogP contribution in [0.2, 0.25) is 0 Å². The van der Waals surface area contributed by atoms with Gasteiger partial charge in [-0.2, -0.15) is 0 Å². The van der Waals surface area contributed by atoms with Crippen molar-refractivity contribution in [3.8, 4) is 44.5 Å². The number of hydrogen-bond acceptors (Lipinski definition) is 1. The molecule has 1 aliphatic rings. The number of hydrogen-bond donors (Lipinski definition) is 0. The molecule has 0 saturated carbocycles. The maximum Gasteiger partial charge on any atom is 0.0540 e. The summed E-state index contributed by atoms with van der Waals surface area (Å²) in [7, 11) is 0. The van der Waals surface area contributed by atoms with E-state index in [4.69, 9.17) is 0 Å². The van der Waals surface area contributed by atoms with Crippen molar-refractivity contribution in [2.75, 3.05) is 4.90 Å². The highest BCUT2D eigenvalue weighted by Gasteiger charge is 2.27. The Bertz CT molecular complexity index is 2460. The van der Waals surface area contributed by atoms with Crippen LogP contribution in [-0.4, -0.2) is 0 Å². The van der Waals surface area contributed by atoms with Crippen LogP contribution < -0.4 is 4.90 Å². The van der Waals surface area contributed by atoms with Crippen LogP contribution in [-0.2, 0) is 0 Å². The molecule has 8 aromatic rings. The lowest BCUT2D eigenvalue weighted by Crippen LogP contribution is -2.20. The average Bonchev–Trinajstić information content (AvgIpc) is 3.15. The summed E-state index contributed by atoms with van der Waals surface area (Å²) < 4.78 is 0. The standard InChI is InChI=1S/C47H33N/c1-31-25-37(23-24-46(31)48-32(2)43-15-7-8-16-44(43)45-17-9-10-18-47(45)48)40-28-41(38-21-19-33-11-3-5-13-35(33)26-38)30-42(29-40)39-22-20-34-12-4-6-14-36(34)27-39/h3-30H,2H2,1H3. The number of aryl methyl sites for hydroxylation is 1. The van der Waals surface area contributed by atoms with E-state index in [1.165, 1.54) is 77.2 Å². The second kappa shape index (κ2) is 11.3. The molecular formula is C47H33N. The van der Waals surface area contributed by atoms with Gasteiger partial charge in [0.2, 0.25) is 0 Å². The summed E-state index contributed by atoms with van der Waals surface area (Å²) in [6.45, 7) is 6.81. The van der Waals surface area contributed by atoms with Gasteiger partial charge in [0.1, 0.15) is 0 Å². The summed E-state index contributed by atoms with van der Waals surface area (Å²) in [5.74, 6) is 0. The highest BCUT2D eigenvalue weighted by molar-refractivity contribution is 6.03. The number of anilines is 2. The normalized spacial score (nSPS) is 12.3. The van der Waals surface area contributed by atoms with Crippen molar-refractivity contribution in [2.45, 2.75) is 6.92 Å². The van der Waals surface area contributed by atoms with Gasteiger partial charge in [0.15, 0.2) is 0 Å². The van der Waals surface area contributed by atoms with E-state index in [-0.39, 0.29) is 0 Å².